The van der Waals surface area contributed by atoms with Gasteiger partial charge in [-0.15, -0.1) is 0 Å². The van der Waals surface area contributed by atoms with Gasteiger partial charge in [-0.25, -0.2) is 23.1 Å². The fourth-order valence-electron chi connectivity index (χ4n) is 4.09. The number of fused-ring (bicyclic) bond motifs is 1. The van der Waals surface area contributed by atoms with Crippen molar-refractivity contribution in [3.8, 4) is 0 Å². The molecule has 3 aromatic carbocycles. The van der Waals surface area contributed by atoms with Crippen molar-refractivity contribution in [3.63, 3.8) is 0 Å². The highest BCUT2D eigenvalue weighted by atomic mass is 19.2. The second kappa shape index (κ2) is 7.24. The van der Waals surface area contributed by atoms with E-state index in [-0.39, 0.29) is 11.3 Å². The maximum Gasteiger partial charge on any atom is 0.266 e. The third-order valence-electron chi connectivity index (χ3n) is 5.50. The third-order valence-corrected chi connectivity index (χ3v) is 5.50. The van der Waals surface area contributed by atoms with E-state index < -0.39 is 47.3 Å². The molecule has 0 N–H and O–H groups in total. The molecule has 2 saturated heterocycles. The molecule has 8 heteroatoms. The number of anilines is 2. The summed E-state index contributed by atoms with van der Waals surface area (Å²) in [5, 5.41) is 1.39. The maximum absolute atomic E-state index is 14.0. The molecule has 2 aliphatic rings. The van der Waals surface area contributed by atoms with E-state index in [1.54, 1.807) is 30.3 Å². The number of imide groups is 1. The molecule has 0 radical (unpaired) electrons. The number of carbonyl (C=O) groups excluding carboxylic acids is 2. The van der Waals surface area contributed by atoms with Crippen LogP contribution in [0.25, 0.3) is 0 Å². The summed E-state index contributed by atoms with van der Waals surface area (Å²) in [6.45, 7) is 0. The first-order valence-electron chi connectivity index (χ1n) is 9.55. The van der Waals surface area contributed by atoms with Crippen molar-refractivity contribution in [2.75, 3.05) is 9.96 Å². The van der Waals surface area contributed by atoms with Crippen LogP contribution in [0.3, 0.4) is 0 Å². The van der Waals surface area contributed by atoms with Gasteiger partial charge in [-0.1, -0.05) is 24.3 Å². The van der Waals surface area contributed by atoms with Crippen molar-refractivity contribution >= 4 is 23.2 Å². The first-order chi connectivity index (χ1) is 15.0. The molecular formula is C23H15F3N2O3. The number of nitrogens with zero attached hydrogens (tertiary/aromatic N) is 2. The molecule has 0 bridgehead atoms. The lowest BCUT2D eigenvalue weighted by molar-refractivity contribution is -0.126. The third kappa shape index (κ3) is 3.07. The van der Waals surface area contributed by atoms with Crippen LogP contribution in [0.1, 0.15) is 11.6 Å². The van der Waals surface area contributed by atoms with Crippen LogP contribution in [-0.2, 0) is 14.4 Å². The second-order valence-corrected chi connectivity index (χ2v) is 7.32. The van der Waals surface area contributed by atoms with Gasteiger partial charge < -0.3 is 0 Å². The van der Waals surface area contributed by atoms with Gasteiger partial charge in [-0.2, -0.15) is 0 Å². The molecule has 31 heavy (non-hydrogen) atoms. The molecule has 2 heterocycles. The van der Waals surface area contributed by atoms with Crippen LogP contribution < -0.4 is 9.96 Å². The zero-order valence-electron chi connectivity index (χ0n) is 15.9. The number of amides is 2. The zero-order valence-corrected chi connectivity index (χ0v) is 15.9. The summed E-state index contributed by atoms with van der Waals surface area (Å²) in [5.74, 6) is -4.76. The van der Waals surface area contributed by atoms with E-state index in [1.807, 2.05) is 0 Å². The first-order valence-corrected chi connectivity index (χ1v) is 9.55. The van der Waals surface area contributed by atoms with Crippen LogP contribution in [0.15, 0.2) is 72.8 Å². The highest BCUT2D eigenvalue weighted by Gasteiger charge is 2.60. The minimum Gasteiger partial charge on any atom is -0.273 e. The Balaban J connectivity index is 1.60. The topological polar surface area (TPSA) is 49.9 Å². The van der Waals surface area contributed by atoms with Gasteiger partial charge in [0.05, 0.1) is 17.4 Å². The molecule has 2 fully saturated rings. The van der Waals surface area contributed by atoms with Gasteiger partial charge in [0.2, 0.25) is 5.91 Å². The minimum atomic E-state index is -1.16. The van der Waals surface area contributed by atoms with Crippen molar-refractivity contribution < 1.29 is 27.6 Å². The lowest BCUT2D eigenvalue weighted by Crippen LogP contribution is -2.37. The summed E-state index contributed by atoms with van der Waals surface area (Å²) in [7, 11) is 0. The van der Waals surface area contributed by atoms with E-state index in [9.17, 15) is 22.8 Å². The number of benzene rings is 3. The van der Waals surface area contributed by atoms with Gasteiger partial charge in [0, 0.05) is 0 Å². The average molecular weight is 424 g/mol. The average Bonchev–Trinajstić information content (AvgIpc) is 3.28. The highest BCUT2D eigenvalue weighted by molar-refractivity contribution is 6.23. The number of hydrogen-bond donors (Lipinski definition) is 0. The van der Waals surface area contributed by atoms with Crippen LogP contribution in [0, 0.1) is 23.4 Å². The smallest absolute Gasteiger partial charge is 0.266 e. The van der Waals surface area contributed by atoms with Crippen molar-refractivity contribution in [3.05, 3.63) is 95.8 Å². The number of hydrogen-bond acceptors (Lipinski definition) is 4. The Morgan fingerprint density at radius 3 is 2.13 bits per heavy atom. The van der Waals surface area contributed by atoms with E-state index in [1.165, 1.54) is 23.3 Å². The fraction of sp³-hybridized carbons (Fsp3) is 0.130. The van der Waals surface area contributed by atoms with Gasteiger partial charge in [0.25, 0.3) is 5.91 Å². The largest absolute Gasteiger partial charge is 0.273 e. The van der Waals surface area contributed by atoms with E-state index >= 15 is 0 Å². The molecule has 2 aliphatic heterocycles. The number of rotatable bonds is 3. The predicted octanol–water partition coefficient (Wildman–Crippen LogP) is 4.16. The van der Waals surface area contributed by atoms with Gasteiger partial charge in [0.15, 0.2) is 17.7 Å². The standard InChI is InChI=1S/C23H15F3N2O3/c24-14-7-9-15(10-8-14)27-22(29)19-20(13-6-11-17(25)18(26)12-13)28(31-21(19)23(27)30)16-4-2-1-3-5-16/h1-12,19-21H/t19-,20+,21+/m1/s1. The summed E-state index contributed by atoms with van der Waals surface area (Å²) in [5.41, 5.74) is 1.06. The molecule has 3 atom stereocenters. The van der Waals surface area contributed by atoms with Crippen molar-refractivity contribution in [1.29, 1.82) is 0 Å². The SMILES string of the molecule is O=C1[C@H]2[C@H](ON(c3ccccc3)[C@H]2c2ccc(F)c(F)c2)C(=O)N1c1ccc(F)cc1. The van der Waals surface area contributed by atoms with Crippen LogP contribution in [-0.4, -0.2) is 17.9 Å². The number of hydroxylamine groups is 1. The summed E-state index contributed by atoms with van der Waals surface area (Å²) in [4.78, 5) is 33.3. The summed E-state index contributed by atoms with van der Waals surface area (Å²) in [6.07, 6.45) is -1.16. The van der Waals surface area contributed by atoms with Crippen molar-refractivity contribution in [1.82, 2.24) is 0 Å². The quantitative estimate of drug-likeness (QED) is 0.593. The molecule has 156 valence electrons. The summed E-state index contributed by atoms with van der Waals surface area (Å²) in [6, 6.07) is 16.2. The molecule has 5 rings (SSSR count). The monoisotopic (exact) mass is 424 g/mol. The Hall–Kier alpha value is -3.65. The Morgan fingerprint density at radius 2 is 1.45 bits per heavy atom. The van der Waals surface area contributed by atoms with Gasteiger partial charge in [-0.05, 0) is 54.1 Å². The molecule has 0 aliphatic carbocycles. The lowest BCUT2D eigenvalue weighted by atomic mass is 9.90. The highest BCUT2D eigenvalue weighted by Crippen LogP contribution is 2.47. The molecule has 0 aromatic heterocycles. The van der Waals surface area contributed by atoms with E-state index in [0.29, 0.717) is 5.69 Å². The van der Waals surface area contributed by atoms with Crippen molar-refractivity contribution in [2.24, 2.45) is 5.92 Å². The Morgan fingerprint density at radius 1 is 0.742 bits per heavy atom. The Labute approximate surface area is 175 Å². The number of halogens is 3. The minimum absolute atomic E-state index is 0.213. The number of carbonyl (C=O) groups is 2. The normalized spacial score (nSPS) is 22.9. The zero-order chi connectivity index (χ0) is 21.7. The van der Waals surface area contributed by atoms with Crippen molar-refractivity contribution in [2.45, 2.75) is 12.1 Å². The molecule has 3 aromatic rings. The van der Waals surface area contributed by atoms with Gasteiger partial charge in [0.1, 0.15) is 11.7 Å². The van der Waals surface area contributed by atoms with Crippen LogP contribution in [0.4, 0.5) is 24.5 Å². The second-order valence-electron chi connectivity index (χ2n) is 7.32. The number of para-hydroxylation sites is 1. The van der Waals surface area contributed by atoms with Crippen LogP contribution >= 0.6 is 0 Å². The van der Waals surface area contributed by atoms with Crippen LogP contribution in [0.5, 0.6) is 0 Å². The summed E-state index contributed by atoms with van der Waals surface area (Å²) < 4.78 is 40.9. The Kier molecular flexibility index (Phi) is 4.51. The Bertz CT molecular complexity index is 1170. The molecule has 0 saturated carbocycles. The van der Waals surface area contributed by atoms with Gasteiger partial charge in [-0.3, -0.25) is 14.4 Å². The molecule has 0 spiro atoms. The summed E-state index contributed by atoms with van der Waals surface area (Å²) >= 11 is 0. The molecular weight excluding hydrogens is 409 g/mol. The molecule has 5 nitrogen and oxygen atoms in total. The molecule has 0 unspecified atom stereocenters. The first kappa shape index (κ1) is 19.3. The fourth-order valence-corrected chi connectivity index (χ4v) is 4.09. The molecule has 2 amide bonds. The van der Waals surface area contributed by atoms with E-state index in [0.717, 1.165) is 29.2 Å². The maximum atomic E-state index is 14.0. The predicted molar refractivity (Wildman–Crippen MR) is 105 cm³/mol. The van der Waals surface area contributed by atoms with E-state index in [2.05, 4.69) is 0 Å². The lowest BCUT2D eigenvalue weighted by Gasteiger charge is -2.28. The van der Waals surface area contributed by atoms with Gasteiger partial charge >= 0.3 is 0 Å². The van der Waals surface area contributed by atoms with Crippen LogP contribution in [0.2, 0.25) is 0 Å². The van der Waals surface area contributed by atoms with E-state index in [4.69, 9.17) is 4.84 Å².